The van der Waals surface area contributed by atoms with E-state index in [1.54, 1.807) is 16.7 Å². The van der Waals surface area contributed by atoms with Crippen molar-refractivity contribution in [3.05, 3.63) is 46.9 Å². The fraction of sp³-hybridized carbons (Fsp3) is 0.458. The number of amides is 2. The SMILES string of the molecule is Cc1c(C#N)c(NC(=O)CN2CCN(CC(=O)NC3CC3)CC2)n(-c2cccc(F)c2)c1C. The number of benzene rings is 1. The average Bonchev–Trinajstić information content (AvgIpc) is 3.55. The van der Waals surface area contributed by atoms with Crippen LogP contribution in [-0.4, -0.2) is 71.5 Å². The minimum Gasteiger partial charge on any atom is -0.352 e. The van der Waals surface area contributed by atoms with Crippen molar-refractivity contribution < 1.29 is 14.0 Å². The number of aromatic nitrogens is 1. The Bertz CT molecular complexity index is 1090. The van der Waals surface area contributed by atoms with Crippen LogP contribution in [-0.2, 0) is 9.59 Å². The molecule has 0 spiro atoms. The van der Waals surface area contributed by atoms with Gasteiger partial charge in [-0.05, 0) is 50.5 Å². The monoisotopic (exact) mass is 452 g/mol. The topological polar surface area (TPSA) is 93.4 Å². The summed E-state index contributed by atoms with van der Waals surface area (Å²) in [5, 5.41) is 15.6. The van der Waals surface area contributed by atoms with E-state index in [-0.39, 0.29) is 18.4 Å². The highest BCUT2D eigenvalue weighted by molar-refractivity contribution is 5.93. The van der Waals surface area contributed by atoms with Gasteiger partial charge in [0, 0.05) is 37.9 Å². The minimum atomic E-state index is -0.391. The van der Waals surface area contributed by atoms with Crippen LogP contribution in [0.4, 0.5) is 10.2 Å². The molecule has 1 saturated carbocycles. The van der Waals surface area contributed by atoms with Gasteiger partial charge in [-0.2, -0.15) is 5.26 Å². The maximum Gasteiger partial charge on any atom is 0.239 e. The summed E-state index contributed by atoms with van der Waals surface area (Å²) in [5.74, 6) is -0.200. The van der Waals surface area contributed by atoms with Crippen LogP contribution in [0, 0.1) is 31.0 Å². The van der Waals surface area contributed by atoms with Crippen LogP contribution in [0.2, 0.25) is 0 Å². The summed E-state index contributed by atoms with van der Waals surface area (Å²) < 4.78 is 15.6. The number of carbonyl (C=O) groups excluding carboxylic acids is 2. The Morgan fingerprint density at radius 2 is 1.73 bits per heavy atom. The molecule has 33 heavy (non-hydrogen) atoms. The minimum absolute atomic E-state index is 0.0663. The van der Waals surface area contributed by atoms with Crippen LogP contribution < -0.4 is 10.6 Å². The molecule has 8 nitrogen and oxygen atoms in total. The summed E-state index contributed by atoms with van der Waals surface area (Å²) in [6.07, 6.45) is 2.15. The highest BCUT2D eigenvalue weighted by Crippen LogP contribution is 2.30. The Morgan fingerprint density at radius 3 is 2.30 bits per heavy atom. The summed E-state index contributed by atoms with van der Waals surface area (Å²) in [6, 6.07) is 8.60. The van der Waals surface area contributed by atoms with E-state index in [9.17, 15) is 19.2 Å². The fourth-order valence-electron chi connectivity index (χ4n) is 4.18. The van der Waals surface area contributed by atoms with Crippen molar-refractivity contribution in [2.75, 3.05) is 44.6 Å². The molecular weight excluding hydrogens is 423 g/mol. The molecule has 174 valence electrons. The van der Waals surface area contributed by atoms with E-state index in [0.29, 0.717) is 55.8 Å². The van der Waals surface area contributed by atoms with E-state index in [4.69, 9.17) is 0 Å². The lowest BCUT2D eigenvalue weighted by molar-refractivity contribution is -0.123. The fourth-order valence-corrected chi connectivity index (χ4v) is 4.18. The number of hydrogen-bond acceptors (Lipinski definition) is 5. The molecule has 9 heteroatoms. The Kier molecular flexibility index (Phi) is 6.77. The van der Waals surface area contributed by atoms with E-state index in [0.717, 1.165) is 24.1 Å². The normalized spacial score (nSPS) is 16.9. The third-order valence-electron chi connectivity index (χ3n) is 6.29. The maximum atomic E-state index is 13.9. The predicted molar refractivity (Wildman–Crippen MR) is 123 cm³/mol. The zero-order valence-electron chi connectivity index (χ0n) is 19.0. The zero-order chi connectivity index (χ0) is 23.5. The first-order valence-electron chi connectivity index (χ1n) is 11.3. The highest BCUT2D eigenvalue weighted by atomic mass is 19.1. The Balaban J connectivity index is 1.39. The summed E-state index contributed by atoms with van der Waals surface area (Å²) >= 11 is 0. The number of nitrogens with one attached hydrogen (secondary N) is 2. The molecular formula is C24H29FN6O2. The summed E-state index contributed by atoms with van der Waals surface area (Å²) in [7, 11) is 0. The first-order valence-corrected chi connectivity index (χ1v) is 11.3. The van der Waals surface area contributed by atoms with Crippen molar-refractivity contribution >= 4 is 17.6 Å². The number of rotatable bonds is 7. The average molecular weight is 453 g/mol. The molecule has 1 aliphatic heterocycles. The molecule has 2 heterocycles. The lowest BCUT2D eigenvalue weighted by Crippen LogP contribution is -2.51. The summed E-state index contributed by atoms with van der Waals surface area (Å²) in [6.45, 7) is 7.02. The van der Waals surface area contributed by atoms with Crippen molar-refractivity contribution in [3.8, 4) is 11.8 Å². The van der Waals surface area contributed by atoms with Crippen LogP contribution >= 0.6 is 0 Å². The van der Waals surface area contributed by atoms with E-state index in [1.807, 2.05) is 18.7 Å². The van der Waals surface area contributed by atoms with Gasteiger partial charge in [-0.3, -0.25) is 24.0 Å². The van der Waals surface area contributed by atoms with Gasteiger partial charge in [0.2, 0.25) is 11.8 Å². The van der Waals surface area contributed by atoms with Gasteiger partial charge in [0.1, 0.15) is 17.7 Å². The Hall–Kier alpha value is -3.22. The standard InChI is InChI=1S/C24H29FN6O2/c1-16-17(2)31(20-5-3-4-18(25)12-20)24(21(16)13-26)28-23(33)15-30-10-8-29(9-11-30)14-22(32)27-19-6-7-19/h3-5,12,19H,6-11,14-15H2,1-2H3,(H,27,32)(H,28,33). The van der Waals surface area contributed by atoms with Gasteiger partial charge >= 0.3 is 0 Å². The third-order valence-corrected chi connectivity index (χ3v) is 6.29. The number of hydrogen-bond donors (Lipinski definition) is 2. The van der Waals surface area contributed by atoms with Crippen LogP contribution in [0.15, 0.2) is 24.3 Å². The zero-order valence-corrected chi connectivity index (χ0v) is 19.0. The van der Waals surface area contributed by atoms with E-state index < -0.39 is 5.82 Å². The molecule has 2 fully saturated rings. The largest absolute Gasteiger partial charge is 0.352 e. The molecule has 2 amide bonds. The molecule has 1 aromatic carbocycles. The lowest BCUT2D eigenvalue weighted by atomic mass is 10.2. The van der Waals surface area contributed by atoms with Gasteiger partial charge in [-0.1, -0.05) is 6.07 Å². The molecule has 0 unspecified atom stereocenters. The van der Waals surface area contributed by atoms with Crippen molar-refractivity contribution in [2.45, 2.75) is 32.7 Å². The molecule has 1 aromatic heterocycles. The second-order valence-electron chi connectivity index (χ2n) is 8.80. The second kappa shape index (κ2) is 9.73. The van der Waals surface area contributed by atoms with Gasteiger partial charge in [-0.15, -0.1) is 0 Å². The number of carbonyl (C=O) groups is 2. The van der Waals surface area contributed by atoms with Gasteiger partial charge in [-0.25, -0.2) is 4.39 Å². The van der Waals surface area contributed by atoms with E-state index in [2.05, 4.69) is 21.6 Å². The molecule has 0 atom stereocenters. The quantitative estimate of drug-likeness (QED) is 0.670. The Morgan fingerprint density at radius 1 is 1.09 bits per heavy atom. The van der Waals surface area contributed by atoms with Crippen molar-refractivity contribution in [1.29, 1.82) is 5.26 Å². The van der Waals surface area contributed by atoms with Gasteiger partial charge < -0.3 is 10.6 Å². The molecule has 2 N–H and O–H groups in total. The summed E-state index contributed by atoms with van der Waals surface area (Å²) in [4.78, 5) is 29.0. The van der Waals surface area contributed by atoms with Crippen LogP contribution in [0.5, 0.6) is 0 Å². The van der Waals surface area contributed by atoms with Crippen LogP contribution in [0.25, 0.3) is 5.69 Å². The van der Waals surface area contributed by atoms with Crippen molar-refractivity contribution in [2.24, 2.45) is 0 Å². The number of halogens is 1. The first kappa shape index (κ1) is 23.0. The first-order chi connectivity index (χ1) is 15.9. The molecule has 2 aromatic rings. The van der Waals surface area contributed by atoms with Crippen LogP contribution in [0.3, 0.4) is 0 Å². The highest BCUT2D eigenvalue weighted by Gasteiger charge is 2.26. The summed E-state index contributed by atoms with van der Waals surface area (Å²) in [5.41, 5.74) is 2.43. The van der Waals surface area contributed by atoms with Crippen molar-refractivity contribution in [3.63, 3.8) is 0 Å². The number of nitrogens with zero attached hydrogens (tertiary/aromatic N) is 4. The number of piperazine rings is 1. The van der Waals surface area contributed by atoms with Crippen LogP contribution in [0.1, 0.15) is 29.7 Å². The maximum absolute atomic E-state index is 13.9. The molecule has 1 saturated heterocycles. The van der Waals surface area contributed by atoms with E-state index >= 15 is 0 Å². The second-order valence-corrected chi connectivity index (χ2v) is 8.80. The van der Waals surface area contributed by atoms with Crippen molar-refractivity contribution in [1.82, 2.24) is 19.7 Å². The predicted octanol–water partition coefficient (Wildman–Crippen LogP) is 1.94. The smallest absolute Gasteiger partial charge is 0.239 e. The molecule has 0 radical (unpaired) electrons. The molecule has 1 aliphatic carbocycles. The number of anilines is 1. The molecule has 0 bridgehead atoms. The lowest BCUT2D eigenvalue weighted by Gasteiger charge is -2.33. The van der Waals surface area contributed by atoms with Gasteiger partial charge in [0.15, 0.2) is 0 Å². The number of nitriles is 1. The van der Waals surface area contributed by atoms with E-state index in [1.165, 1.54) is 12.1 Å². The third kappa shape index (κ3) is 5.41. The van der Waals surface area contributed by atoms with Gasteiger partial charge in [0.05, 0.1) is 24.3 Å². The molecule has 2 aliphatic rings. The van der Waals surface area contributed by atoms with Gasteiger partial charge in [0.25, 0.3) is 0 Å². The molecule has 4 rings (SSSR count). The Labute approximate surface area is 193 Å².